The van der Waals surface area contributed by atoms with E-state index in [1.807, 2.05) is 35.2 Å². The van der Waals surface area contributed by atoms with E-state index in [1.165, 1.54) is 7.11 Å². The second kappa shape index (κ2) is 8.37. The fourth-order valence-corrected chi connectivity index (χ4v) is 5.89. The Labute approximate surface area is 182 Å². The molecule has 0 bridgehead atoms. The molecule has 0 unspecified atom stereocenters. The zero-order valence-corrected chi connectivity index (χ0v) is 17.8. The van der Waals surface area contributed by atoms with Crippen molar-refractivity contribution < 1.29 is 28.5 Å². The summed E-state index contributed by atoms with van der Waals surface area (Å²) in [7, 11) is 1.37. The van der Waals surface area contributed by atoms with Gasteiger partial charge in [0, 0.05) is 5.92 Å². The summed E-state index contributed by atoms with van der Waals surface area (Å²) >= 11 is 0. The number of carbonyl (C=O) groups is 2. The van der Waals surface area contributed by atoms with Gasteiger partial charge in [-0.3, -0.25) is 9.59 Å². The van der Waals surface area contributed by atoms with Gasteiger partial charge < -0.3 is 23.8 Å². The standard InChI is InChI=1S/C24H29NO6/c1-28-23(27)24(12-11-20-29-13-14-30-20)18-10-6-5-9-17(18)21-25(22(24)26)19(15-31-21)16-7-3-2-4-8-16/h2-8,17-21H,9-15H2,1H3/t17-,18+,19-,21+,24+/m0/s1. The van der Waals surface area contributed by atoms with E-state index in [9.17, 15) is 9.59 Å². The maximum absolute atomic E-state index is 14.2. The van der Waals surface area contributed by atoms with E-state index in [-0.39, 0.29) is 36.3 Å². The molecule has 3 saturated heterocycles. The first-order chi connectivity index (χ1) is 15.2. The number of methoxy groups -OCH3 is 1. The molecule has 1 aliphatic carbocycles. The van der Waals surface area contributed by atoms with Crippen molar-refractivity contribution in [2.45, 2.75) is 44.2 Å². The average molecular weight is 427 g/mol. The molecule has 1 aromatic carbocycles. The molecule has 5 rings (SSSR count). The van der Waals surface area contributed by atoms with Crippen LogP contribution in [-0.2, 0) is 28.5 Å². The molecule has 7 heteroatoms. The molecule has 0 saturated carbocycles. The molecular formula is C24H29NO6. The summed E-state index contributed by atoms with van der Waals surface area (Å²) in [5.41, 5.74) is -0.249. The number of esters is 1. The summed E-state index contributed by atoms with van der Waals surface area (Å²) < 4.78 is 22.7. The van der Waals surface area contributed by atoms with Gasteiger partial charge in [0.1, 0.15) is 6.23 Å². The van der Waals surface area contributed by atoms with Gasteiger partial charge >= 0.3 is 5.97 Å². The summed E-state index contributed by atoms with van der Waals surface area (Å²) in [6.07, 6.45) is 5.74. The lowest BCUT2D eigenvalue weighted by Gasteiger charge is -2.52. The maximum Gasteiger partial charge on any atom is 0.321 e. The molecule has 5 atom stereocenters. The van der Waals surface area contributed by atoms with Crippen LogP contribution in [0.1, 0.15) is 37.3 Å². The molecule has 7 nitrogen and oxygen atoms in total. The molecule has 0 aromatic heterocycles. The highest BCUT2D eigenvalue weighted by molar-refractivity contribution is 6.04. The Balaban J connectivity index is 1.55. The van der Waals surface area contributed by atoms with Crippen molar-refractivity contribution in [3.05, 3.63) is 48.0 Å². The van der Waals surface area contributed by atoms with E-state index in [1.54, 1.807) is 0 Å². The van der Waals surface area contributed by atoms with Gasteiger partial charge in [-0.2, -0.15) is 0 Å². The van der Waals surface area contributed by atoms with Crippen LogP contribution in [0.25, 0.3) is 0 Å². The molecule has 0 radical (unpaired) electrons. The van der Waals surface area contributed by atoms with Crippen LogP contribution >= 0.6 is 0 Å². The lowest BCUT2D eigenvalue weighted by Crippen LogP contribution is -2.64. The highest BCUT2D eigenvalue weighted by atomic mass is 16.7. The molecule has 0 N–H and O–H groups in total. The number of fused-ring (bicyclic) bond motifs is 3. The maximum atomic E-state index is 14.2. The van der Waals surface area contributed by atoms with Gasteiger partial charge in [0.25, 0.3) is 0 Å². The third kappa shape index (κ3) is 3.30. The predicted molar refractivity (Wildman–Crippen MR) is 110 cm³/mol. The van der Waals surface area contributed by atoms with E-state index >= 15 is 0 Å². The zero-order chi connectivity index (χ0) is 21.4. The van der Waals surface area contributed by atoms with Crippen LogP contribution in [-0.4, -0.2) is 56.2 Å². The molecule has 166 valence electrons. The van der Waals surface area contributed by atoms with Gasteiger partial charge in [0.15, 0.2) is 11.7 Å². The molecule has 4 aliphatic rings. The van der Waals surface area contributed by atoms with Crippen molar-refractivity contribution in [1.29, 1.82) is 0 Å². The first-order valence-electron chi connectivity index (χ1n) is 11.1. The van der Waals surface area contributed by atoms with Crippen LogP contribution in [0.2, 0.25) is 0 Å². The Morgan fingerprint density at radius 1 is 1.13 bits per heavy atom. The van der Waals surface area contributed by atoms with Crippen LogP contribution in [0.15, 0.2) is 42.5 Å². The number of amides is 1. The van der Waals surface area contributed by atoms with Crippen molar-refractivity contribution in [3.63, 3.8) is 0 Å². The fraction of sp³-hybridized carbons (Fsp3) is 0.583. The van der Waals surface area contributed by atoms with E-state index in [0.717, 1.165) is 12.0 Å². The number of benzene rings is 1. The minimum atomic E-state index is -1.27. The zero-order valence-electron chi connectivity index (χ0n) is 17.8. The number of allylic oxidation sites excluding steroid dienone is 2. The number of rotatable bonds is 5. The van der Waals surface area contributed by atoms with Crippen molar-refractivity contribution in [1.82, 2.24) is 4.90 Å². The second-order valence-electron chi connectivity index (χ2n) is 8.75. The molecule has 3 fully saturated rings. The molecule has 3 heterocycles. The SMILES string of the molecule is COC(=O)[C@@]1(CCC2OCCO2)C(=O)N2[C@H](OC[C@H]2c2ccccc2)[C@H]2CC=CC[C@H]21. The summed E-state index contributed by atoms with van der Waals surface area (Å²) in [6.45, 7) is 1.51. The number of carbonyl (C=O) groups excluding carboxylic acids is 2. The van der Waals surface area contributed by atoms with Crippen LogP contribution in [0.4, 0.5) is 0 Å². The lowest BCUT2D eigenvalue weighted by atomic mass is 9.59. The molecule has 3 aliphatic heterocycles. The molecule has 1 aromatic rings. The second-order valence-corrected chi connectivity index (χ2v) is 8.75. The summed E-state index contributed by atoms with van der Waals surface area (Å²) in [5, 5.41) is 0. The largest absolute Gasteiger partial charge is 0.468 e. The Kier molecular flexibility index (Phi) is 5.58. The fourth-order valence-electron chi connectivity index (χ4n) is 5.89. The van der Waals surface area contributed by atoms with Crippen LogP contribution in [0.5, 0.6) is 0 Å². The van der Waals surface area contributed by atoms with Crippen molar-refractivity contribution in [3.8, 4) is 0 Å². The van der Waals surface area contributed by atoms with Gasteiger partial charge in [-0.25, -0.2) is 0 Å². The Bertz CT molecular complexity index is 851. The molecule has 0 spiro atoms. The third-order valence-electron chi connectivity index (χ3n) is 7.33. The molecular weight excluding hydrogens is 398 g/mol. The first-order valence-corrected chi connectivity index (χ1v) is 11.1. The van der Waals surface area contributed by atoms with Crippen LogP contribution < -0.4 is 0 Å². The number of nitrogens with zero attached hydrogens (tertiary/aromatic N) is 1. The molecule has 31 heavy (non-hydrogen) atoms. The van der Waals surface area contributed by atoms with Gasteiger partial charge in [0.05, 0.1) is 33.0 Å². The van der Waals surface area contributed by atoms with E-state index in [4.69, 9.17) is 18.9 Å². The quantitative estimate of drug-likeness (QED) is 0.409. The van der Waals surface area contributed by atoms with Crippen LogP contribution in [0.3, 0.4) is 0 Å². The van der Waals surface area contributed by atoms with Gasteiger partial charge in [0.2, 0.25) is 5.91 Å². The van der Waals surface area contributed by atoms with Gasteiger partial charge in [-0.1, -0.05) is 42.5 Å². The predicted octanol–water partition coefficient (Wildman–Crippen LogP) is 2.82. The van der Waals surface area contributed by atoms with Gasteiger partial charge in [-0.15, -0.1) is 0 Å². The topological polar surface area (TPSA) is 74.3 Å². The minimum Gasteiger partial charge on any atom is -0.468 e. The molecule has 1 amide bonds. The smallest absolute Gasteiger partial charge is 0.321 e. The van der Waals surface area contributed by atoms with Crippen molar-refractivity contribution >= 4 is 11.9 Å². The third-order valence-corrected chi connectivity index (χ3v) is 7.33. The van der Waals surface area contributed by atoms with Gasteiger partial charge in [-0.05, 0) is 37.2 Å². The van der Waals surface area contributed by atoms with Crippen molar-refractivity contribution in [2.24, 2.45) is 17.3 Å². The van der Waals surface area contributed by atoms with E-state index in [2.05, 4.69) is 12.2 Å². The monoisotopic (exact) mass is 427 g/mol. The van der Waals surface area contributed by atoms with E-state index < -0.39 is 11.4 Å². The number of piperidine rings is 1. The minimum absolute atomic E-state index is 0.0425. The van der Waals surface area contributed by atoms with Crippen LogP contribution in [0, 0.1) is 17.3 Å². The highest BCUT2D eigenvalue weighted by Gasteiger charge is 2.65. The normalized spacial score (nSPS) is 35.1. The number of hydrogen-bond acceptors (Lipinski definition) is 6. The van der Waals surface area contributed by atoms with E-state index in [0.29, 0.717) is 39.1 Å². The summed E-state index contributed by atoms with van der Waals surface area (Å²) in [5.74, 6) is -0.779. The average Bonchev–Trinajstić information content (AvgIpc) is 3.50. The number of hydrogen-bond donors (Lipinski definition) is 0. The Morgan fingerprint density at radius 3 is 2.61 bits per heavy atom. The lowest BCUT2D eigenvalue weighted by molar-refractivity contribution is -0.193. The Hall–Kier alpha value is -2.22. The highest BCUT2D eigenvalue weighted by Crippen LogP contribution is 2.55. The first kappa shape index (κ1) is 20.7. The number of ether oxygens (including phenoxy) is 4. The summed E-state index contributed by atoms with van der Waals surface area (Å²) in [4.78, 5) is 29.4. The summed E-state index contributed by atoms with van der Waals surface area (Å²) in [6, 6.07) is 9.69. The van der Waals surface area contributed by atoms with Crippen molar-refractivity contribution in [2.75, 3.05) is 26.9 Å². The Morgan fingerprint density at radius 2 is 1.87 bits per heavy atom.